The van der Waals surface area contributed by atoms with Crippen molar-refractivity contribution in [2.45, 2.75) is 17.9 Å². The predicted octanol–water partition coefficient (Wildman–Crippen LogP) is 2.24. The van der Waals surface area contributed by atoms with Crippen LogP contribution in [0.3, 0.4) is 0 Å². The van der Waals surface area contributed by atoms with Crippen molar-refractivity contribution in [3.63, 3.8) is 0 Å². The van der Waals surface area contributed by atoms with Crippen molar-refractivity contribution < 1.29 is 8.42 Å². The first kappa shape index (κ1) is 19.1. The fraction of sp³-hybridized carbons (Fsp3) is 0.211. The van der Waals surface area contributed by atoms with Gasteiger partial charge in [0.1, 0.15) is 4.90 Å². The van der Waals surface area contributed by atoms with Crippen LogP contribution in [0.4, 0.5) is 5.69 Å². The first-order chi connectivity index (χ1) is 13.9. The Morgan fingerprint density at radius 2 is 1.97 bits per heavy atom. The number of para-hydroxylation sites is 1. The summed E-state index contributed by atoms with van der Waals surface area (Å²) in [6, 6.07) is 9.27. The lowest BCUT2D eigenvalue weighted by Gasteiger charge is -2.11. The standard InChI is InChI=1S/C19H21N7O2S/c1-13(20-2)14-7-8-21-18(9-14)26-12-16(11-23-26)29(27,28)24-17-6-4-5-15-10-22-25(3)19(15)17/h4-13,20,24H,1-3H3. The number of hydrogen-bond acceptors (Lipinski definition) is 6. The lowest BCUT2D eigenvalue weighted by molar-refractivity contribution is 0.601. The van der Waals surface area contributed by atoms with E-state index in [-0.39, 0.29) is 10.9 Å². The van der Waals surface area contributed by atoms with Crippen LogP contribution >= 0.6 is 0 Å². The predicted molar refractivity (Wildman–Crippen MR) is 110 cm³/mol. The van der Waals surface area contributed by atoms with Crippen LogP contribution in [0.2, 0.25) is 0 Å². The minimum atomic E-state index is -3.83. The van der Waals surface area contributed by atoms with Crippen LogP contribution in [0.25, 0.3) is 16.7 Å². The Kier molecular flexibility index (Phi) is 4.81. The van der Waals surface area contributed by atoms with Crippen LogP contribution in [-0.4, -0.2) is 40.0 Å². The molecule has 4 aromatic rings. The number of nitrogens with zero attached hydrogens (tertiary/aromatic N) is 5. The molecule has 2 N–H and O–H groups in total. The Labute approximate surface area is 168 Å². The number of hydrogen-bond donors (Lipinski definition) is 2. The molecule has 0 fully saturated rings. The molecule has 3 heterocycles. The van der Waals surface area contributed by atoms with Gasteiger partial charge in [-0.2, -0.15) is 10.2 Å². The van der Waals surface area contributed by atoms with E-state index >= 15 is 0 Å². The average Bonchev–Trinajstić information content (AvgIpc) is 3.36. The van der Waals surface area contributed by atoms with E-state index in [2.05, 4.69) is 25.2 Å². The molecular formula is C19H21N7O2S. The molecule has 0 radical (unpaired) electrons. The molecule has 0 saturated carbocycles. The van der Waals surface area contributed by atoms with Gasteiger partial charge in [0.2, 0.25) is 0 Å². The second-order valence-corrected chi connectivity index (χ2v) is 8.38. The summed E-state index contributed by atoms with van der Waals surface area (Å²) in [5.41, 5.74) is 2.19. The number of nitrogens with one attached hydrogen (secondary N) is 2. The Hall–Kier alpha value is -3.24. The summed E-state index contributed by atoms with van der Waals surface area (Å²) in [5.74, 6) is 0.541. The summed E-state index contributed by atoms with van der Waals surface area (Å²) in [6.07, 6.45) is 6.12. The molecule has 0 aliphatic rings. The first-order valence-corrected chi connectivity index (χ1v) is 10.5. The van der Waals surface area contributed by atoms with Crippen molar-refractivity contribution in [3.05, 3.63) is 60.7 Å². The topological polar surface area (TPSA) is 107 Å². The minimum Gasteiger partial charge on any atom is -0.313 e. The van der Waals surface area contributed by atoms with Crippen molar-refractivity contribution in [2.24, 2.45) is 7.05 Å². The Morgan fingerprint density at radius 1 is 1.14 bits per heavy atom. The molecule has 0 aliphatic heterocycles. The second-order valence-electron chi connectivity index (χ2n) is 6.70. The number of anilines is 1. The molecule has 150 valence electrons. The number of pyridine rings is 1. The molecule has 1 unspecified atom stereocenters. The molecule has 4 rings (SSSR count). The van der Waals surface area contributed by atoms with Crippen LogP contribution in [0.5, 0.6) is 0 Å². The van der Waals surface area contributed by atoms with Gasteiger partial charge in [-0.1, -0.05) is 12.1 Å². The summed E-state index contributed by atoms with van der Waals surface area (Å²) in [7, 11) is -0.193. The van der Waals surface area contributed by atoms with Crippen LogP contribution in [0.15, 0.2) is 60.0 Å². The van der Waals surface area contributed by atoms with Gasteiger partial charge in [-0.05, 0) is 37.7 Å². The maximum absolute atomic E-state index is 12.9. The van der Waals surface area contributed by atoms with Crippen molar-refractivity contribution in [1.29, 1.82) is 0 Å². The van der Waals surface area contributed by atoms with E-state index in [0.29, 0.717) is 17.0 Å². The van der Waals surface area contributed by atoms with Gasteiger partial charge in [0, 0.05) is 24.7 Å². The molecular weight excluding hydrogens is 390 g/mol. The fourth-order valence-electron chi connectivity index (χ4n) is 3.09. The Morgan fingerprint density at radius 3 is 2.76 bits per heavy atom. The highest BCUT2D eigenvalue weighted by Gasteiger charge is 2.19. The van der Waals surface area contributed by atoms with E-state index in [9.17, 15) is 8.42 Å². The maximum atomic E-state index is 12.9. The molecule has 1 aromatic carbocycles. The number of rotatable bonds is 6. The third-order valence-electron chi connectivity index (χ3n) is 4.81. The second kappa shape index (κ2) is 7.30. The molecule has 0 saturated heterocycles. The van der Waals surface area contributed by atoms with E-state index < -0.39 is 10.0 Å². The van der Waals surface area contributed by atoms with Crippen LogP contribution < -0.4 is 10.0 Å². The van der Waals surface area contributed by atoms with Crippen molar-refractivity contribution in [3.8, 4) is 5.82 Å². The Bertz CT molecular complexity index is 1280. The number of fused-ring (bicyclic) bond motifs is 1. The van der Waals surface area contributed by atoms with E-state index in [0.717, 1.165) is 10.9 Å². The zero-order valence-corrected chi connectivity index (χ0v) is 17.1. The molecule has 10 heteroatoms. The monoisotopic (exact) mass is 411 g/mol. The van der Waals surface area contributed by atoms with Gasteiger partial charge in [0.25, 0.3) is 10.0 Å². The van der Waals surface area contributed by atoms with Crippen LogP contribution in [-0.2, 0) is 17.1 Å². The zero-order chi connectivity index (χ0) is 20.6. The number of aromatic nitrogens is 5. The van der Waals surface area contributed by atoms with Crippen LogP contribution in [0, 0.1) is 0 Å². The third kappa shape index (κ3) is 3.59. The first-order valence-electron chi connectivity index (χ1n) is 9.01. The van der Waals surface area contributed by atoms with Crippen molar-refractivity contribution in [1.82, 2.24) is 29.9 Å². The van der Waals surface area contributed by atoms with Crippen molar-refractivity contribution >= 4 is 26.6 Å². The van der Waals surface area contributed by atoms with E-state index in [4.69, 9.17) is 0 Å². The van der Waals surface area contributed by atoms with Gasteiger partial charge in [-0.15, -0.1) is 0 Å². The lowest BCUT2D eigenvalue weighted by Crippen LogP contribution is -2.13. The third-order valence-corrected chi connectivity index (χ3v) is 6.13. The van der Waals surface area contributed by atoms with Gasteiger partial charge in [-0.3, -0.25) is 9.40 Å². The highest BCUT2D eigenvalue weighted by atomic mass is 32.2. The molecule has 0 bridgehead atoms. The quantitative estimate of drug-likeness (QED) is 0.504. The van der Waals surface area contributed by atoms with Gasteiger partial charge < -0.3 is 5.32 Å². The molecule has 3 aromatic heterocycles. The summed E-state index contributed by atoms with van der Waals surface area (Å²) < 4.78 is 31.6. The average molecular weight is 411 g/mol. The number of sulfonamides is 1. The lowest BCUT2D eigenvalue weighted by atomic mass is 10.1. The highest BCUT2D eigenvalue weighted by Crippen LogP contribution is 2.25. The summed E-state index contributed by atoms with van der Waals surface area (Å²) >= 11 is 0. The fourth-order valence-corrected chi connectivity index (χ4v) is 4.08. The largest absolute Gasteiger partial charge is 0.313 e. The summed E-state index contributed by atoms with van der Waals surface area (Å²) in [5, 5.41) is 12.4. The van der Waals surface area contributed by atoms with E-state index in [1.165, 1.54) is 17.1 Å². The minimum absolute atomic E-state index is 0.0468. The molecule has 9 nitrogen and oxygen atoms in total. The van der Waals surface area contributed by atoms with Gasteiger partial charge >= 0.3 is 0 Å². The van der Waals surface area contributed by atoms with E-state index in [1.807, 2.05) is 32.2 Å². The smallest absolute Gasteiger partial charge is 0.265 e. The molecule has 0 spiro atoms. The summed E-state index contributed by atoms with van der Waals surface area (Å²) in [6.45, 7) is 2.03. The van der Waals surface area contributed by atoms with Gasteiger partial charge in [-0.25, -0.2) is 18.1 Å². The number of aryl methyl sites for hydroxylation is 1. The molecule has 0 aliphatic carbocycles. The Balaban J connectivity index is 1.66. The maximum Gasteiger partial charge on any atom is 0.265 e. The van der Waals surface area contributed by atoms with E-state index in [1.54, 1.807) is 36.3 Å². The highest BCUT2D eigenvalue weighted by molar-refractivity contribution is 7.92. The van der Waals surface area contributed by atoms with Gasteiger partial charge in [0.05, 0.1) is 29.8 Å². The normalized spacial score (nSPS) is 12.9. The zero-order valence-electron chi connectivity index (χ0n) is 16.2. The van der Waals surface area contributed by atoms with Crippen molar-refractivity contribution in [2.75, 3.05) is 11.8 Å². The molecule has 29 heavy (non-hydrogen) atoms. The SMILES string of the molecule is CNC(C)c1ccnc(-n2cc(S(=O)(=O)Nc3cccc4cnn(C)c34)cn2)c1. The van der Waals surface area contributed by atoms with Crippen LogP contribution in [0.1, 0.15) is 18.5 Å². The molecule has 0 amide bonds. The number of benzene rings is 1. The van der Waals surface area contributed by atoms with Gasteiger partial charge in [0.15, 0.2) is 5.82 Å². The summed E-state index contributed by atoms with van der Waals surface area (Å²) in [4.78, 5) is 4.34. The molecule has 1 atom stereocenters.